The molecule has 1 saturated heterocycles. The van der Waals surface area contributed by atoms with Crippen LogP contribution in [0, 0.1) is 6.92 Å². The van der Waals surface area contributed by atoms with E-state index < -0.39 is 0 Å². The maximum Gasteiger partial charge on any atom is 0.241 e. The molecule has 0 unspecified atom stereocenters. The molecule has 0 bridgehead atoms. The number of likely N-dealkylation sites (tertiary alicyclic amines) is 1. The summed E-state index contributed by atoms with van der Waals surface area (Å²) in [6.07, 6.45) is 5.77. The summed E-state index contributed by atoms with van der Waals surface area (Å²) in [6, 6.07) is 9.59. The van der Waals surface area contributed by atoms with Crippen LogP contribution in [0.4, 0.5) is 0 Å². The quantitative estimate of drug-likeness (QED) is 0.648. The number of nitrogens with zero attached hydrogens (tertiary/aromatic N) is 4. The van der Waals surface area contributed by atoms with Gasteiger partial charge < -0.3 is 14.0 Å². The lowest BCUT2D eigenvalue weighted by Gasteiger charge is -2.31. The molecule has 0 spiro atoms. The number of benzene rings is 1. The van der Waals surface area contributed by atoms with Gasteiger partial charge >= 0.3 is 0 Å². The van der Waals surface area contributed by atoms with E-state index in [4.69, 9.17) is 14.0 Å². The summed E-state index contributed by atoms with van der Waals surface area (Å²) in [5.74, 6) is 2.91. The Balaban J connectivity index is 1.32. The molecule has 3 heterocycles. The number of hydrogen-bond donors (Lipinski definition) is 0. The third-order valence-corrected chi connectivity index (χ3v) is 4.95. The van der Waals surface area contributed by atoms with E-state index in [2.05, 4.69) is 20.0 Å². The van der Waals surface area contributed by atoms with Crippen LogP contribution in [0.25, 0.3) is 11.4 Å². The van der Waals surface area contributed by atoms with Crippen molar-refractivity contribution >= 4 is 0 Å². The molecule has 3 aromatic rings. The van der Waals surface area contributed by atoms with Crippen molar-refractivity contribution in [1.82, 2.24) is 20.0 Å². The standard InChI is InChI=1S/C21H24N4O3/c1-15-13-22-9-6-19(15)27-17-7-10-25(11-8-17)14-20-23-21(24-28-20)16-4-3-5-18(12-16)26-2/h3-6,9,12-13,17H,7-8,10-11,14H2,1-2H3. The second-order valence-electron chi connectivity index (χ2n) is 6.98. The van der Waals surface area contributed by atoms with Gasteiger partial charge in [-0.1, -0.05) is 17.3 Å². The lowest BCUT2D eigenvalue weighted by atomic mass is 10.1. The molecule has 146 valence electrons. The highest BCUT2D eigenvalue weighted by molar-refractivity contribution is 5.56. The Morgan fingerprint density at radius 2 is 2.07 bits per heavy atom. The van der Waals surface area contributed by atoms with Crippen LogP contribution in [-0.4, -0.2) is 46.3 Å². The van der Waals surface area contributed by atoms with Crippen molar-refractivity contribution < 1.29 is 14.0 Å². The Kier molecular flexibility index (Phi) is 5.53. The van der Waals surface area contributed by atoms with E-state index in [0.29, 0.717) is 18.3 Å². The molecule has 4 rings (SSSR count). The van der Waals surface area contributed by atoms with Gasteiger partial charge in [0.1, 0.15) is 17.6 Å². The van der Waals surface area contributed by atoms with Crippen LogP contribution in [0.1, 0.15) is 24.3 Å². The molecule has 28 heavy (non-hydrogen) atoms. The van der Waals surface area contributed by atoms with Crippen LogP contribution in [0.5, 0.6) is 11.5 Å². The van der Waals surface area contributed by atoms with Crippen LogP contribution < -0.4 is 9.47 Å². The van der Waals surface area contributed by atoms with E-state index in [1.54, 1.807) is 13.3 Å². The fourth-order valence-electron chi connectivity index (χ4n) is 3.35. The molecular formula is C21H24N4O3. The minimum absolute atomic E-state index is 0.229. The Bertz CT molecular complexity index is 919. The molecule has 1 aliphatic heterocycles. The number of piperidine rings is 1. The van der Waals surface area contributed by atoms with E-state index in [1.165, 1.54) is 0 Å². The largest absolute Gasteiger partial charge is 0.497 e. The van der Waals surface area contributed by atoms with Gasteiger partial charge in [-0.05, 0) is 38.0 Å². The van der Waals surface area contributed by atoms with Crippen LogP contribution in [0.2, 0.25) is 0 Å². The molecule has 7 heteroatoms. The number of rotatable bonds is 6. The fourth-order valence-corrected chi connectivity index (χ4v) is 3.35. The third-order valence-electron chi connectivity index (χ3n) is 4.95. The lowest BCUT2D eigenvalue weighted by molar-refractivity contribution is 0.0898. The number of methoxy groups -OCH3 is 1. The van der Waals surface area contributed by atoms with Crippen LogP contribution in [0.15, 0.2) is 47.2 Å². The zero-order valence-electron chi connectivity index (χ0n) is 16.2. The summed E-state index contributed by atoms with van der Waals surface area (Å²) in [7, 11) is 1.64. The van der Waals surface area contributed by atoms with Crippen molar-refractivity contribution in [1.29, 1.82) is 0 Å². The monoisotopic (exact) mass is 380 g/mol. The van der Waals surface area contributed by atoms with Gasteiger partial charge in [-0.15, -0.1) is 0 Å². The summed E-state index contributed by atoms with van der Waals surface area (Å²) < 4.78 is 16.8. The zero-order chi connectivity index (χ0) is 19.3. The Morgan fingerprint density at radius 1 is 1.21 bits per heavy atom. The zero-order valence-corrected chi connectivity index (χ0v) is 16.2. The average molecular weight is 380 g/mol. The maximum absolute atomic E-state index is 6.14. The number of hydrogen-bond acceptors (Lipinski definition) is 7. The van der Waals surface area contributed by atoms with Crippen molar-refractivity contribution in [2.75, 3.05) is 20.2 Å². The number of aryl methyl sites for hydroxylation is 1. The van der Waals surface area contributed by atoms with Crippen molar-refractivity contribution in [3.05, 3.63) is 54.2 Å². The summed E-state index contributed by atoms with van der Waals surface area (Å²) in [4.78, 5) is 11.0. The van der Waals surface area contributed by atoms with E-state index in [-0.39, 0.29) is 6.10 Å². The third kappa shape index (κ3) is 4.31. The molecule has 0 N–H and O–H groups in total. The molecule has 0 radical (unpaired) electrons. The average Bonchev–Trinajstić information content (AvgIpc) is 3.20. The van der Waals surface area contributed by atoms with Crippen LogP contribution >= 0.6 is 0 Å². The number of pyridine rings is 1. The molecule has 2 aromatic heterocycles. The van der Waals surface area contributed by atoms with Crippen LogP contribution in [-0.2, 0) is 6.54 Å². The second-order valence-corrected chi connectivity index (χ2v) is 6.98. The van der Waals surface area contributed by atoms with E-state index in [0.717, 1.165) is 48.6 Å². The highest BCUT2D eigenvalue weighted by Gasteiger charge is 2.23. The summed E-state index contributed by atoms with van der Waals surface area (Å²) in [5.41, 5.74) is 1.95. The molecule has 1 fully saturated rings. The first-order valence-electron chi connectivity index (χ1n) is 9.48. The van der Waals surface area contributed by atoms with Crippen molar-refractivity contribution in [3.63, 3.8) is 0 Å². The second kappa shape index (κ2) is 8.39. The molecule has 1 aliphatic rings. The predicted molar refractivity (Wildman–Crippen MR) is 104 cm³/mol. The van der Waals surface area contributed by atoms with Gasteiger partial charge in [-0.2, -0.15) is 4.98 Å². The minimum atomic E-state index is 0.229. The van der Waals surface area contributed by atoms with Crippen molar-refractivity contribution in [3.8, 4) is 22.9 Å². The summed E-state index contributed by atoms with van der Waals surface area (Å²) in [6.45, 7) is 4.54. The van der Waals surface area contributed by atoms with Crippen LogP contribution in [0.3, 0.4) is 0 Å². The molecule has 0 atom stereocenters. The van der Waals surface area contributed by atoms with E-state index in [1.807, 2.05) is 43.5 Å². The first-order chi connectivity index (χ1) is 13.7. The van der Waals surface area contributed by atoms with Crippen molar-refractivity contribution in [2.24, 2.45) is 0 Å². The smallest absolute Gasteiger partial charge is 0.241 e. The van der Waals surface area contributed by atoms with Gasteiger partial charge in [0.2, 0.25) is 11.7 Å². The fraction of sp³-hybridized carbons (Fsp3) is 0.381. The van der Waals surface area contributed by atoms with Gasteiger partial charge in [0.25, 0.3) is 0 Å². The highest BCUT2D eigenvalue weighted by atomic mass is 16.5. The van der Waals surface area contributed by atoms with E-state index in [9.17, 15) is 0 Å². The summed E-state index contributed by atoms with van der Waals surface area (Å²) >= 11 is 0. The van der Waals surface area contributed by atoms with Crippen molar-refractivity contribution in [2.45, 2.75) is 32.4 Å². The maximum atomic E-state index is 6.14. The predicted octanol–water partition coefficient (Wildman–Crippen LogP) is 3.49. The molecule has 7 nitrogen and oxygen atoms in total. The topological polar surface area (TPSA) is 73.5 Å². The summed E-state index contributed by atoms with van der Waals surface area (Å²) in [5, 5.41) is 4.11. The molecule has 1 aromatic carbocycles. The normalized spacial score (nSPS) is 15.5. The number of ether oxygens (including phenoxy) is 2. The molecular weight excluding hydrogens is 356 g/mol. The van der Waals surface area contributed by atoms with Gasteiger partial charge in [-0.3, -0.25) is 9.88 Å². The molecule has 0 amide bonds. The lowest BCUT2D eigenvalue weighted by Crippen LogP contribution is -2.37. The first-order valence-corrected chi connectivity index (χ1v) is 9.48. The Morgan fingerprint density at radius 3 is 2.86 bits per heavy atom. The van der Waals surface area contributed by atoms with Gasteiger partial charge in [-0.25, -0.2) is 0 Å². The molecule has 0 aliphatic carbocycles. The highest BCUT2D eigenvalue weighted by Crippen LogP contribution is 2.24. The van der Waals surface area contributed by atoms with E-state index >= 15 is 0 Å². The SMILES string of the molecule is COc1cccc(-c2noc(CN3CCC(Oc4ccncc4C)CC3)n2)c1. The first kappa shape index (κ1) is 18.4. The Labute approximate surface area is 164 Å². The Hall–Kier alpha value is -2.93. The van der Waals surface area contributed by atoms with Gasteiger partial charge in [0, 0.05) is 36.6 Å². The minimum Gasteiger partial charge on any atom is -0.497 e. The molecule has 0 saturated carbocycles. The van der Waals surface area contributed by atoms with Gasteiger partial charge in [0.15, 0.2) is 0 Å². The number of aromatic nitrogens is 3. The van der Waals surface area contributed by atoms with Gasteiger partial charge in [0.05, 0.1) is 13.7 Å².